The number of carbonyl (C=O) groups excluding carboxylic acids is 1. The van der Waals surface area contributed by atoms with Crippen molar-refractivity contribution in [2.75, 3.05) is 14.1 Å². The van der Waals surface area contributed by atoms with E-state index in [2.05, 4.69) is 0 Å². The van der Waals surface area contributed by atoms with Crippen LogP contribution in [0.15, 0.2) is 0 Å². The van der Waals surface area contributed by atoms with Gasteiger partial charge in [0.15, 0.2) is 0 Å². The van der Waals surface area contributed by atoms with Crippen molar-refractivity contribution in [3.8, 4) is 0 Å². The number of amides is 1. The van der Waals surface area contributed by atoms with E-state index in [1.54, 1.807) is 14.1 Å². The molecule has 0 aromatic heterocycles. The predicted molar refractivity (Wildman–Crippen MR) is 75.0 cm³/mol. The van der Waals surface area contributed by atoms with Gasteiger partial charge in [0.05, 0.1) is 0 Å². The number of hydrogen-bond donors (Lipinski definition) is 11. The van der Waals surface area contributed by atoms with Gasteiger partial charge in [-0.1, -0.05) is 0 Å². The fraction of sp³-hybridized carbons (Fsp3) is 0.667. The van der Waals surface area contributed by atoms with Gasteiger partial charge in [0.1, 0.15) is 0 Å². The van der Waals surface area contributed by atoms with E-state index >= 15 is 0 Å². The topological polar surface area (TPSA) is 405 Å². The lowest BCUT2D eigenvalue weighted by molar-refractivity contribution is -0.115. The Bertz CT molecular complexity index is 43.2. The number of rotatable bonds is 1. The molecule has 0 aliphatic heterocycles. The average Bonchev–Trinajstić information content (AvgIpc) is 1.38. The molecule has 16 heavy (non-hydrogen) atoms. The van der Waals surface area contributed by atoms with Crippen molar-refractivity contribution in [2.45, 2.75) is 0 Å². The molecule has 0 heterocycles. The molecule has 0 aromatic carbocycles. The SMILES string of the molecule is CN(C)C=O.N.N.N.N.N.N.N.N.N.N.N. The van der Waals surface area contributed by atoms with Gasteiger partial charge >= 0.3 is 0 Å². The molecular weight excluding hydrogens is 220 g/mol. The highest BCUT2D eigenvalue weighted by Gasteiger charge is 1.68. The Morgan fingerprint density at radius 1 is 0.562 bits per heavy atom. The number of carbonyl (C=O) groups is 1. The predicted octanol–water partition coefficient (Wildman–Crippen LogP) is 1.49. The maximum absolute atomic E-state index is 9.43. The minimum absolute atomic E-state index is 0. The molecule has 1 amide bonds. The summed E-state index contributed by atoms with van der Waals surface area (Å²) in [4.78, 5) is 10.9. The van der Waals surface area contributed by atoms with Gasteiger partial charge in [-0.25, -0.2) is 0 Å². The average molecular weight is 260 g/mol. The van der Waals surface area contributed by atoms with Crippen LogP contribution in [-0.2, 0) is 4.79 Å². The first kappa shape index (κ1) is 322. The summed E-state index contributed by atoms with van der Waals surface area (Å²) in [6.07, 6.45) is 0.750. The monoisotopic (exact) mass is 260 g/mol. The largest absolute Gasteiger partial charge is 0.351 e. The van der Waals surface area contributed by atoms with Crippen LogP contribution in [0.1, 0.15) is 0 Å². The molecule has 0 saturated carbocycles. The lowest BCUT2D eigenvalue weighted by Gasteiger charge is -1.93. The Morgan fingerprint density at radius 3 is 0.625 bits per heavy atom. The van der Waals surface area contributed by atoms with Gasteiger partial charge in [-0.3, -0.25) is 4.79 Å². The van der Waals surface area contributed by atoms with Gasteiger partial charge in [-0.15, -0.1) is 0 Å². The molecule has 13 nitrogen and oxygen atoms in total. The van der Waals surface area contributed by atoms with E-state index in [1.807, 2.05) is 0 Å². The molecule has 13 heteroatoms. The van der Waals surface area contributed by atoms with Crippen LogP contribution in [-0.4, -0.2) is 25.4 Å². The van der Waals surface area contributed by atoms with Crippen LogP contribution in [0, 0.1) is 0 Å². The zero-order valence-electron chi connectivity index (χ0n) is 11.2. The lowest BCUT2D eigenvalue weighted by atomic mass is 11.0. The van der Waals surface area contributed by atoms with Crippen molar-refractivity contribution >= 4 is 6.41 Å². The lowest BCUT2D eigenvalue weighted by Crippen LogP contribution is -2.06. The highest BCUT2D eigenvalue weighted by molar-refractivity contribution is 5.45. The van der Waals surface area contributed by atoms with Crippen molar-refractivity contribution in [3.05, 3.63) is 0 Å². The maximum Gasteiger partial charge on any atom is 0.209 e. The van der Waals surface area contributed by atoms with Crippen LogP contribution < -0.4 is 67.7 Å². The van der Waals surface area contributed by atoms with Crippen molar-refractivity contribution in [1.29, 1.82) is 0 Å². The van der Waals surface area contributed by atoms with Crippen molar-refractivity contribution in [3.63, 3.8) is 0 Å². The van der Waals surface area contributed by atoms with E-state index in [9.17, 15) is 4.79 Å². The molecule has 0 spiro atoms. The second-order valence-electron chi connectivity index (χ2n) is 1.07. The molecule has 0 atom stereocenters. The third-order valence-electron chi connectivity index (χ3n) is 0.211. The summed E-state index contributed by atoms with van der Waals surface area (Å²) in [6, 6.07) is 0. The molecular formula is C3H40N12O. The quantitative estimate of drug-likeness (QED) is 0.298. The van der Waals surface area contributed by atoms with E-state index in [-0.39, 0.29) is 67.7 Å². The first-order valence-corrected chi connectivity index (χ1v) is 1.39. The standard InChI is InChI=1S/C3H7NO.11H3N/c1-4(2)3-5;;;;;;;;;;;/h3H,1-2H3;11*1H3. The summed E-state index contributed by atoms with van der Waals surface area (Å²) >= 11 is 0. The van der Waals surface area contributed by atoms with Crippen molar-refractivity contribution < 1.29 is 4.79 Å². The molecule has 0 radical (unpaired) electrons. The van der Waals surface area contributed by atoms with Crippen LogP contribution >= 0.6 is 0 Å². The van der Waals surface area contributed by atoms with Crippen LogP contribution in [0.4, 0.5) is 0 Å². The Hall–Kier alpha value is -0.970. The molecule has 0 rings (SSSR count). The highest BCUT2D eigenvalue weighted by Crippen LogP contribution is 1.52. The summed E-state index contributed by atoms with van der Waals surface area (Å²) in [5.74, 6) is 0. The van der Waals surface area contributed by atoms with E-state index in [0.717, 1.165) is 6.41 Å². The molecule has 0 aliphatic carbocycles. The van der Waals surface area contributed by atoms with Crippen LogP contribution in [0.25, 0.3) is 0 Å². The van der Waals surface area contributed by atoms with Crippen LogP contribution in [0.3, 0.4) is 0 Å². The summed E-state index contributed by atoms with van der Waals surface area (Å²) in [6.45, 7) is 0. The van der Waals surface area contributed by atoms with Gasteiger partial charge in [-0.05, 0) is 0 Å². The van der Waals surface area contributed by atoms with Gasteiger partial charge in [0, 0.05) is 14.1 Å². The number of hydrogen-bond acceptors (Lipinski definition) is 12. The zero-order chi connectivity index (χ0) is 4.28. The first-order chi connectivity index (χ1) is 2.27. The Morgan fingerprint density at radius 2 is 0.625 bits per heavy atom. The Balaban J connectivity index is -0.00000000145. The minimum Gasteiger partial charge on any atom is -0.351 e. The summed E-state index contributed by atoms with van der Waals surface area (Å²) in [5, 5.41) is 0. The van der Waals surface area contributed by atoms with Crippen LogP contribution in [0.5, 0.6) is 0 Å². The van der Waals surface area contributed by atoms with Crippen LogP contribution in [0.2, 0.25) is 0 Å². The van der Waals surface area contributed by atoms with Gasteiger partial charge < -0.3 is 72.6 Å². The summed E-state index contributed by atoms with van der Waals surface area (Å²) in [5.41, 5.74) is 0. The molecule has 33 N–H and O–H groups in total. The van der Waals surface area contributed by atoms with Gasteiger partial charge in [0.2, 0.25) is 6.41 Å². The molecule has 0 unspecified atom stereocenters. The summed E-state index contributed by atoms with van der Waals surface area (Å²) < 4.78 is 0. The van der Waals surface area contributed by atoms with E-state index in [1.165, 1.54) is 4.90 Å². The van der Waals surface area contributed by atoms with Gasteiger partial charge in [-0.2, -0.15) is 0 Å². The second kappa shape index (κ2) is 259. The highest BCUT2D eigenvalue weighted by atomic mass is 16.1. The molecule has 0 fully saturated rings. The number of nitrogens with zero attached hydrogens (tertiary/aromatic N) is 1. The second-order valence-corrected chi connectivity index (χ2v) is 1.07. The Labute approximate surface area is 98.9 Å². The third-order valence-corrected chi connectivity index (χ3v) is 0.211. The maximum atomic E-state index is 9.43. The first-order valence-electron chi connectivity index (χ1n) is 1.39. The fourth-order valence-corrected chi connectivity index (χ4v) is 0. The van der Waals surface area contributed by atoms with Crippen molar-refractivity contribution in [1.82, 2.24) is 72.6 Å². The molecule has 0 aliphatic rings. The zero-order valence-corrected chi connectivity index (χ0v) is 11.2. The fourth-order valence-electron chi connectivity index (χ4n) is 0. The smallest absolute Gasteiger partial charge is 0.209 e. The van der Waals surface area contributed by atoms with Gasteiger partial charge in [0.25, 0.3) is 0 Å². The molecule has 0 saturated heterocycles. The molecule has 0 bridgehead atoms. The van der Waals surface area contributed by atoms with E-state index < -0.39 is 0 Å². The molecule has 118 valence electrons. The molecule has 0 aromatic rings. The Kier molecular flexibility index (Phi) is 5230. The summed E-state index contributed by atoms with van der Waals surface area (Å²) in [7, 11) is 3.38. The minimum atomic E-state index is 0. The van der Waals surface area contributed by atoms with E-state index in [4.69, 9.17) is 0 Å². The normalized spacial score (nSPS) is 2.12. The van der Waals surface area contributed by atoms with Crippen molar-refractivity contribution in [2.24, 2.45) is 0 Å². The van der Waals surface area contributed by atoms with E-state index in [0.29, 0.717) is 0 Å². The third kappa shape index (κ3) is 1780.